The molecule has 0 aliphatic carbocycles. The van der Waals surface area contributed by atoms with E-state index in [2.05, 4.69) is 13.0 Å². The minimum absolute atomic E-state index is 0.0585. The van der Waals surface area contributed by atoms with E-state index >= 15 is 0 Å². The van der Waals surface area contributed by atoms with Crippen LogP contribution >= 0.6 is 0 Å². The van der Waals surface area contributed by atoms with Crippen molar-refractivity contribution in [3.05, 3.63) is 45.8 Å². The number of carbonyl (C=O) groups excluding carboxylic acids is 1. The number of aryl methyl sites for hydroxylation is 1. The van der Waals surface area contributed by atoms with Crippen LogP contribution in [0, 0.1) is 5.92 Å². The largest absolute Gasteiger partial charge is 0.423 e. The van der Waals surface area contributed by atoms with Crippen LogP contribution in [0.3, 0.4) is 0 Å². The first-order valence-electron chi connectivity index (χ1n) is 8.25. The minimum atomic E-state index is -0.316. The van der Waals surface area contributed by atoms with Crippen LogP contribution in [0.4, 0.5) is 0 Å². The number of quaternary nitrogens is 1. The first-order valence-corrected chi connectivity index (χ1v) is 8.25. The summed E-state index contributed by atoms with van der Waals surface area (Å²) in [7, 11) is 0. The summed E-state index contributed by atoms with van der Waals surface area (Å²) in [5, 5.41) is 0.982. The Hall–Kier alpha value is -2.14. The highest BCUT2D eigenvalue weighted by molar-refractivity contribution is 5.80. The second-order valence-electron chi connectivity index (χ2n) is 6.40. The van der Waals surface area contributed by atoms with Crippen molar-refractivity contribution in [3.63, 3.8) is 0 Å². The van der Waals surface area contributed by atoms with Gasteiger partial charge in [-0.3, -0.25) is 4.79 Å². The summed E-state index contributed by atoms with van der Waals surface area (Å²) in [6.45, 7) is 4.53. The molecule has 0 bridgehead atoms. The van der Waals surface area contributed by atoms with Crippen LogP contribution in [-0.4, -0.2) is 19.0 Å². The topological polar surface area (TPSA) is 77.7 Å². The van der Waals surface area contributed by atoms with Gasteiger partial charge in [-0.05, 0) is 30.9 Å². The second kappa shape index (κ2) is 6.54. The Bertz CT molecular complexity index is 781. The van der Waals surface area contributed by atoms with E-state index in [1.54, 1.807) is 6.07 Å². The summed E-state index contributed by atoms with van der Waals surface area (Å²) in [4.78, 5) is 24.6. The number of hydrogen-bond acceptors (Lipinski definition) is 3. The van der Waals surface area contributed by atoms with Gasteiger partial charge in [0, 0.05) is 17.0 Å². The lowest BCUT2D eigenvalue weighted by atomic mass is 9.96. The molecule has 1 aromatic carbocycles. The molecule has 2 heterocycles. The molecule has 1 saturated heterocycles. The Labute approximate surface area is 135 Å². The lowest BCUT2D eigenvalue weighted by Gasteiger charge is -2.28. The van der Waals surface area contributed by atoms with Gasteiger partial charge in [0.25, 0.3) is 0 Å². The molecule has 23 heavy (non-hydrogen) atoms. The van der Waals surface area contributed by atoms with Gasteiger partial charge in [-0.15, -0.1) is 0 Å². The number of carbonyl (C=O) groups is 1. The summed E-state index contributed by atoms with van der Waals surface area (Å²) < 4.78 is 5.35. The molecule has 5 heteroatoms. The number of piperidine rings is 1. The normalized spacial score (nSPS) is 21.4. The van der Waals surface area contributed by atoms with E-state index in [0.29, 0.717) is 5.58 Å². The van der Waals surface area contributed by atoms with Gasteiger partial charge in [0.2, 0.25) is 5.91 Å². The summed E-state index contributed by atoms with van der Waals surface area (Å²) in [6, 6.07) is 7.62. The van der Waals surface area contributed by atoms with Crippen LogP contribution in [0.25, 0.3) is 11.0 Å². The predicted molar refractivity (Wildman–Crippen MR) is 88.2 cm³/mol. The van der Waals surface area contributed by atoms with E-state index in [1.807, 2.05) is 12.1 Å². The van der Waals surface area contributed by atoms with Gasteiger partial charge in [-0.25, -0.2) is 4.79 Å². The van der Waals surface area contributed by atoms with Crippen molar-refractivity contribution in [2.75, 3.05) is 13.1 Å². The summed E-state index contributed by atoms with van der Waals surface area (Å²) in [6.07, 6.45) is 2.76. The zero-order valence-electron chi connectivity index (χ0n) is 13.4. The van der Waals surface area contributed by atoms with Crippen molar-refractivity contribution >= 4 is 16.9 Å². The van der Waals surface area contributed by atoms with Crippen molar-refractivity contribution in [2.24, 2.45) is 11.7 Å². The van der Waals surface area contributed by atoms with Crippen LogP contribution in [-0.2, 0) is 17.8 Å². The van der Waals surface area contributed by atoms with Gasteiger partial charge >= 0.3 is 5.63 Å². The number of benzene rings is 1. The molecule has 1 aromatic heterocycles. The molecule has 0 radical (unpaired) electrons. The quantitative estimate of drug-likeness (QED) is 0.813. The summed E-state index contributed by atoms with van der Waals surface area (Å²) in [5.74, 6) is -0.274. The van der Waals surface area contributed by atoms with Gasteiger partial charge in [-0.2, -0.15) is 0 Å². The molecule has 1 amide bonds. The fourth-order valence-electron chi connectivity index (χ4n) is 3.46. The number of nitrogens with two attached hydrogens (primary N) is 1. The molecule has 2 atom stereocenters. The van der Waals surface area contributed by atoms with Crippen LogP contribution in [0.15, 0.2) is 33.5 Å². The van der Waals surface area contributed by atoms with Gasteiger partial charge in [0.15, 0.2) is 0 Å². The Morgan fingerprint density at radius 2 is 2.22 bits per heavy atom. The zero-order chi connectivity index (χ0) is 16.4. The smallest absolute Gasteiger partial charge is 0.336 e. The minimum Gasteiger partial charge on any atom is -0.423 e. The molecular formula is C18H23N2O3+. The molecule has 1 fully saturated rings. The van der Waals surface area contributed by atoms with Crippen LogP contribution in [0.2, 0.25) is 0 Å². The lowest BCUT2D eigenvalue weighted by Crippen LogP contribution is -3.12. The molecule has 1 aliphatic rings. The first kappa shape index (κ1) is 15.7. The van der Waals surface area contributed by atoms with E-state index in [9.17, 15) is 9.59 Å². The molecular weight excluding hydrogens is 292 g/mol. The average Bonchev–Trinajstić information content (AvgIpc) is 2.54. The van der Waals surface area contributed by atoms with E-state index in [-0.39, 0.29) is 17.5 Å². The fourth-order valence-corrected chi connectivity index (χ4v) is 3.46. The van der Waals surface area contributed by atoms with E-state index in [1.165, 1.54) is 4.90 Å². The number of hydrogen-bond donors (Lipinski definition) is 2. The number of primary amides is 1. The van der Waals surface area contributed by atoms with Crippen molar-refractivity contribution in [3.8, 4) is 0 Å². The monoisotopic (exact) mass is 315 g/mol. The van der Waals surface area contributed by atoms with E-state index < -0.39 is 0 Å². The van der Waals surface area contributed by atoms with Crippen LogP contribution < -0.4 is 16.3 Å². The Balaban J connectivity index is 1.90. The van der Waals surface area contributed by atoms with Gasteiger partial charge in [-0.1, -0.05) is 19.1 Å². The molecule has 3 N–H and O–H groups in total. The molecule has 5 nitrogen and oxygen atoms in total. The number of likely N-dealkylation sites (tertiary alicyclic amines) is 1. The summed E-state index contributed by atoms with van der Waals surface area (Å²) >= 11 is 0. The molecule has 0 spiro atoms. The van der Waals surface area contributed by atoms with Gasteiger partial charge in [0.1, 0.15) is 12.1 Å². The Kier molecular flexibility index (Phi) is 4.48. The Morgan fingerprint density at radius 1 is 1.39 bits per heavy atom. The molecule has 1 unspecified atom stereocenters. The third-order valence-electron chi connectivity index (χ3n) is 4.76. The molecule has 122 valence electrons. The SMILES string of the molecule is CCc1ccc2c(C[NH+]3CCC[C@H](C(N)=O)C3)cc(=O)oc2c1. The predicted octanol–water partition coefficient (Wildman–Crippen LogP) is 0.636. The van der Waals surface area contributed by atoms with E-state index in [4.69, 9.17) is 10.2 Å². The molecule has 0 saturated carbocycles. The molecule has 3 rings (SSSR count). The highest BCUT2D eigenvalue weighted by Crippen LogP contribution is 2.19. The first-order chi connectivity index (χ1) is 11.1. The average molecular weight is 315 g/mol. The fraction of sp³-hybridized carbons (Fsp3) is 0.444. The van der Waals surface area contributed by atoms with Crippen LogP contribution in [0.5, 0.6) is 0 Å². The van der Waals surface area contributed by atoms with Crippen molar-refractivity contribution in [2.45, 2.75) is 32.7 Å². The maximum absolute atomic E-state index is 11.9. The highest BCUT2D eigenvalue weighted by Gasteiger charge is 2.27. The number of amides is 1. The standard InChI is InChI=1S/C18H22N2O3/c1-2-12-5-6-15-14(9-17(21)23-16(15)8-12)11-20-7-3-4-13(10-20)18(19)22/h5-6,8-9,13H,2-4,7,10-11H2,1H3,(H2,19,22)/p+1/t13-/m0/s1. The lowest BCUT2D eigenvalue weighted by molar-refractivity contribution is -0.920. The third kappa shape index (κ3) is 3.45. The number of rotatable bonds is 4. The maximum Gasteiger partial charge on any atom is 0.336 e. The molecule has 2 aromatic rings. The zero-order valence-corrected chi connectivity index (χ0v) is 13.4. The maximum atomic E-state index is 11.9. The van der Waals surface area contributed by atoms with Crippen molar-refractivity contribution < 1.29 is 14.1 Å². The van der Waals surface area contributed by atoms with Gasteiger partial charge in [0.05, 0.1) is 19.0 Å². The second-order valence-corrected chi connectivity index (χ2v) is 6.40. The highest BCUT2D eigenvalue weighted by atomic mass is 16.4. The number of nitrogens with one attached hydrogen (secondary N) is 1. The van der Waals surface area contributed by atoms with Crippen LogP contribution in [0.1, 0.15) is 30.9 Å². The third-order valence-corrected chi connectivity index (χ3v) is 4.76. The van der Waals surface area contributed by atoms with Gasteiger partial charge < -0.3 is 15.1 Å². The number of fused-ring (bicyclic) bond motifs is 1. The van der Waals surface area contributed by atoms with E-state index in [0.717, 1.165) is 55.4 Å². The summed E-state index contributed by atoms with van der Waals surface area (Å²) in [5.41, 5.74) is 7.92. The van der Waals surface area contributed by atoms with Crippen molar-refractivity contribution in [1.82, 2.24) is 0 Å². The van der Waals surface area contributed by atoms with Crippen molar-refractivity contribution in [1.29, 1.82) is 0 Å². The Morgan fingerprint density at radius 3 is 2.96 bits per heavy atom. The molecule has 1 aliphatic heterocycles.